The number of carbonyl (C=O) groups excluding carboxylic acids is 1. The average molecular weight is 355 g/mol. The third-order valence-electron chi connectivity index (χ3n) is 3.97. The van der Waals surface area contributed by atoms with Gasteiger partial charge >= 0.3 is 0 Å². The fourth-order valence-electron chi connectivity index (χ4n) is 2.47. The van der Waals surface area contributed by atoms with Crippen molar-refractivity contribution in [3.8, 4) is 0 Å². The largest absolute Gasteiger partial charge is 0.379 e. The van der Waals surface area contributed by atoms with Gasteiger partial charge in [0.05, 0.1) is 13.2 Å². The summed E-state index contributed by atoms with van der Waals surface area (Å²) in [5, 5.41) is 3.05. The lowest BCUT2D eigenvalue weighted by atomic mass is 10.0. The Morgan fingerprint density at radius 2 is 2.05 bits per heavy atom. The van der Waals surface area contributed by atoms with Crippen molar-refractivity contribution in [3.63, 3.8) is 0 Å². The second kappa shape index (κ2) is 6.90. The van der Waals surface area contributed by atoms with Gasteiger partial charge in [-0.3, -0.25) is 9.69 Å². The van der Waals surface area contributed by atoms with Crippen LogP contribution in [-0.2, 0) is 4.74 Å². The van der Waals surface area contributed by atoms with Gasteiger partial charge in [0.25, 0.3) is 5.91 Å². The molecule has 0 saturated carbocycles. The molecular formula is C16H23BrN2O2. The predicted octanol–water partition coefficient (Wildman–Crippen LogP) is 2.60. The Bertz CT molecular complexity index is 511. The number of nitrogens with zero attached hydrogens (tertiary/aromatic N) is 1. The second-order valence-electron chi connectivity index (χ2n) is 6.06. The number of carbonyl (C=O) groups is 1. The van der Waals surface area contributed by atoms with E-state index in [2.05, 4.69) is 40.0 Å². The smallest absolute Gasteiger partial charge is 0.251 e. The summed E-state index contributed by atoms with van der Waals surface area (Å²) in [4.78, 5) is 14.6. The summed E-state index contributed by atoms with van der Waals surface area (Å²) < 4.78 is 6.40. The monoisotopic (exact) mass is 354 g/mol. The maximum absolute atomic E-state index is 12.3. The van der Waals surface area contributed by atoms with Crippen LogP contribution in [0, 0.1) is 6.92 Å². The van der Waals surface area contributed by atoms with Gasteiger partial charge in [-0.05, 0) is 44.5 Å². The van der Waals surface area contributed by atoms with Crippen LogP contribution in [0.4, 0.5) is 0 Å². The fourth-order valence-corrected chi connectivity index (χ4v) is 2.71. The van der Waals surface area contributed by atoms with Crippen molar-refractivity contribution in [2.24, 2.45) is 0 Å². The lowest BCUT2D eigenvalue weighted by Gasteiger charge is -2.40. The summed E-state index contributed by atoms with van der Waals surface area (Å²) in [5.41, 5.74) is 1.70. The van der Waals surface area contributed by atoms with E-state index in [4.69, 9.17) is 4.74 Å². The van der Waals surface area contributed by atoms with Gasteiger partial charge in [-0.25, -0.2) is 0 Å². The molecule has 0 spiro atoms. The Kier molecular flexibility index (Phi) is 5.41. The zero-order chi connectivity index (χ0) is 15.5. The molecule has 0 unspecified atom stereocenters. The number of aryl methyl sites for hydroxylation is 1. The van der Waals surface area contributed by atoms with Crippen molar-refractivity contribution in [2.75, 3.05) is 32.8 Å². The minimum atomic E-state index is -0.0656. The third-order valence-corrected chi connectivity index (χ3v) is 4.86. The number of hydrogen-bond donors (Lipinski definition) is 1. The van der Waals surface area contributed by atoms with Gasteiger partial charge in [-0.15, -0.1) is 0 Å². The molecule has 21 heavy (non-hydrogen) atoms. The van der Waals surface area contributed by atoms with Crippen LogP contribution in [0.25, 0.3) is 0 Å². The van der Waals surface area contributed by atoms with E-state index in [1.807, 2.05) is 25.1 Å². The highest BCUT2D eigenvalue weighted by Gasteiger charge is 2.28. The lowest BCUT2D eigenvalue weighted by molar-refractivity contribution is -0.00923. The number of rotatable bonds is 4. The first-order valence-electron chi connectivity index (χ1n) is 7.27. The molecule has 5 heteroatoms. The van der Waals surface area contributed by atoms with E-state index in [-0.39, 0.29) is 11.4 Å². The highest BCUT2D eigenvalue weighted by molar-refractivity contribution is 9.10. The zero-order valence-electron chi connectivity index (χ0n) is 12.9. The summed E-state index contributed by atoms with van der Waals surface area (Å²) in [6.07, 6.45) is 0. The van der Waals surface area contributed by atoms with Gasteiger partial charge < -0.3 is 10.1 Å². The van der Waals surface area contributed by atoms with Crippen LogP contribution < -0.4 is 5.32 Å². The summed E-state index contributed by atoms with van der Waals surface area (Å²) >= 11 is 3.45. The summed E-state index contributed by atoms with van der Waals surface area (Å²) in [5.74, 6) is -0.0214. The van der Waals surface area contributed by atoms with Crippen LogP contribution in [0.15, 0.2) is 22.7 Å². The Morgan fingerprint density at radius 1 is 1.38 bits per heavy atom. The lowest BCUT2D eigenvalue weighted by Crippen LogP contribution is -2.55. The van der Waals surface area contributed by atoms with Crippen molar-refractivity contribution in [2.45, 2.75) is 26.3 Å². The summed E-state index contributed by atoms with van der Waals surface area (Å²) in [6.45, 7) is 10.3. The van der Waals surface area contributed by atoms with Crippen LogP contribution in [0.3, 0.4) is 0 Å². The molecule has 0 aromatic heterocycles. The van der Waals surface area contributed by atoms with E-state index >= 15 is 0 Å². The predicted molar refractivity (Wildman–Crippen MR) is 87.7 cm³/mol. The van der Waals surface area contributed by atoms with E-state index in [1.165, 1.54) is 0 Å². The van der Waals surface area contributed by atoms with Gasteiger partial charge in [0.1, 0.15) is 0 Å². The molecule has 0 atom stereocenters. The molecule has 1 fully saturated rings. The van der Waals surface area contributed by atoms with Gasteiger partial charge in [0, 0.05) is 35.2 Å². The number of nitrogens with one attached hydrogen (secondary N) is 1. The van der Waals surface area contributed by atoms with Gasteiger partial charge in [0.15, 0.2) is 0 Å². The van der Waals surface area contributed by atoms with Gasteiger partial charge in [-0.2, -0.15) is 0 Å². The van der Waals surface area contributed by atoms with E-state index in [0.717, 1.165) is 36.3 Å². The molecule has 1 saturated heterocycles. The molecule has 116 valence electrons. The quantitative estimate of drug-likeness (QED) is 0.903. The van der Waals surface area contributed by atoms with Crippen molar-refractivity contribution in [1.82, 2.24) is 10.2 Å². The Hall–Kier alpha value is -0.910. The Labute approximate surface area is 135 Å². The van der Waals surface area contributed by atoms with Crippen molar-refractivity contribution < 1.29 is 9.53 Å². The molecule has 1 heterocycles. The molecule has 1 aromatic rings. The molecular weight excluding hydrogens is 332 g/mol. The molecule has 4 nitrogen and oxygen atoms in total. The van der Waals surface area contributed by atoms with Crippen LogP contribution in [-0.4, -0.2) is 49.2 Å². The molecule has 1 aromatic carbocycles. The number of ether oxygens (including phenoxy) is 1. The van der Waals surface area contributed by atoms with Crippen LogP contribution >= 0.6 is 15.9 Å². The molecule has 0 radical (unpaired) electrons. The topological polar surface area (TPSA) is 41.6 Å². The van der Waals surface area contributed by atoms with Crippen LogP contribution in [0.2, 0.25) is 0 Å². The molecule has 1 aliphatic heterocycles. The van der Waals surface area contributed by atoms with Crippen molar-refractivity contribution >= 4 is 21.8 Å². The highest BCUT2D eigenvalue weighted by Crippen LogP contribution is 2.18. The first kappa shape index (κ1) is 16.5. The van der Waals surface area contributed by atoms with E-state index in [0.29, 0.717) is 12.1 Å². The first-order chi connectivity index (χ1) is 9.90. The molecule has 0 aliphatic carbocycles. The van der Waals surface area contributed by atoms with Gasteiger partial charge in [0.2, 0.25) is 0 Å². The minimum absolute atomic E-state index is 0.0214. The zero-order valence-corrected chi connectivity index (χ0v) is 14.5. The van der Waals surface area contributed by atoms with Crippen molar-refractivity contribution in [3.05, 3.63) is 33.8 Å². The summed E-state index contributed by atoms with van der Waals surface area (Å²) in [6, 6.07) is 5.66. The van der Waals surface area contributed by atoms with E-state index < -0.39 is 0 Å². The SMILES string of the molecule is Cc1cc(C(=O)NCC(C)(C)N2CCOCC2)ccc1Br. The number of benzene rings is 1. The fraction of sp³-hybridized carbons (Fsp3) is 0.562. The van der Waals surface area contributed by atoms with Crippen LogP contribution in [0.1, 0.15) is 29.8 Å². The van der Waals surface area contributed by atoms with E-state index in [9.17, 15) is 4.79 Å². The summed E-state index contributed by atoms with van der Waals surface area (Å²) in [7, 11) is 0. The molecule has 0 bridgehead atoms. The number of hydrogen-bond acceptors (Lipinski definition) is 3. The number of halogens is 1. The van der Waals surface area contributed by atoms with E-state index in [1.54, 1.807) is 0 Å². The third kappa shape index (κ3) is 4.28. The minimum Gasteiger partial charge on any atom is -0.379 e. The number of amides is 1. The molecule has 1 aliphatic rings. The maximum Gasteiger partial charge on any atom is 0.251 e. The van der Waals surface area contributed by atoms with Crippen molar-refractivity contribution in [1.29, 1.82) is 0 Å². The molecule has 1 amide bonds. The average Bonchev–Trinajstić information content (AvgIpc) is 2.48. The molecule has 2 rings (SSSR count). The highest BCUT2D eigenvalue weighted by atomic mass is 79.9. The number of morpholine rings is 1. The standard InChI is InChI=1S/C16H23BrN2O2/c1-12-10-13(4-5-14(12)17)15(20)18-11-16(2,3)19-6-8-21-9-7-19/h4-5,10H,6-9,11H2,1-3H3,(H,18,20). The second-order valence-corrected chi connectivity index (χ2v) is 6.91. The molecule has 1 N–H and O–H groups in total. The van der Waals surface area contributed by atoms with Crippen LogP contribution in [0.5, 0.6) is 0 Å². The first-order valence-corrected chi connectivity index (χ1v) is 8.06. The van der Waals surface area contributed by atoms with Gasteiger partial charge in [-0.1, -0.05) is 15.9 Å². The normalized spacial score (nSPS) is 16.8. The Morgan fingerprint density at radius 3 is 2.67 bits per heavy atom. The Balaban J connectivity index is 1.94. The maximum atomic E-state index is 12.3.